The number of hydrogen-bond donors (Lipinski definition) is 6. The fraction of sp³-hybridized carbons (Fsp3) is 0.394. The number of thiazole rings is 2. The summed E-state index contributed by atoms with van der Waals surface area (Å²) < 4.78 is 28.3. The summed E-state index contributed by atoms with van der Waals surface area (Å²) in [6.45, 7) is 69.4. The molecule has 25 heteroatoms. The van der Waals surface area contributed by atoms with Crippen molar-refractivity contribution in [3.8, 4) is 0 Å². The summed E-state index contributed by atoms with van der Waals surface area (Å²) in [5, 5.41) is 21.0. The van der Waals surface area contributed by atoms with Gasteiger partial charge in [0.1, 0.15) is 28.8 Å². The van der Waals surface area contributed by atoms with Crippen LogP contribution in [0.25, 0.3) is 0 Å². The zero-order valence-corrected chi connectivity index (χ0v) is 81.5. The molecular weight excluding hydrogens is 1580 g/mol. The van der Waals surface area contributed by atoms with Crippen LogP contribution < -0.4 is 0 Å². The maximum absolute atomic E-state index is 4.96. The number of aromatic amines is 6. The van der Waals surface area contributed by atoms with Gasteiger partial charge in [0.25, 0.3) is 0 Å². The molecule has 0 spiro atoms. The quantitative estimate of drug-likeness (QED) is 0.0771. The van der Waals surface area contributed by atoms with E-state index < -0.39 is 0 Å². The molecule has 2 atom stereocenters. The van der Waals surface area contributed by atoms with Crippen molar-refractivity contribution in [1.29, 1.82) is 0 Å². The Labute approximate surface area is 730 Å². The Kier molecular flexibility index (Phi) is 54.0. The second kappa shape index (κ2) is 60.2. The molecule has 16 aromatic rings. The number of aryl methyl sites for hydroxylation is 32. The van der Waals surface area contributed by atoms with Gasteiger partial charge in [-0.1, -0.05) is 31.2 Å². The summed E-state index contributed by atoms with van der Waals surface area (Å²) in [7, 11) is 0. The second-order valence-electron chi connectivity index (χ2n) is 28.6. The number of nitrogens with zero attached hydrogens (tertiary/aromatic N) is 9. The summed E-state index contributed by atoms with van der Waals surface area (Å²) in [6, 6.07) is 12.3. The predicted molar refractivity (Wildman–Crippen MR) is 504 cm³/mol. The van der Waals surface area contributed by atoms with E-state index >= 15 is 0 Å². The number of aromatic nitrogens is 15. The fourth-order valence-electron chi connectivity index (χ4n) is 7.67. The van der Waals surface area contributed by atoms with Crippen LogP contribution in [0.3, 0.4) is 0 Å². The highest BCUT2D eigenvalue weighted by Crippen LogP contribution is 2.23. The number of rotatable bonds is 0. The van der Waals surface area contributed by atoms with Gasteiger partial charge >= 0.3 is 0 Å². The van der Waals surface area contributed by atoms with E-state index in [1.165, 1.54) is 116 Å². The van der Waals surface area contributed by atoms with Crippen LogP contribution >= 0.6 is 56.9 Å². The highest BCUT2D eigenvalue weighted by molar-refractivity contribution is 7.10. The summed E-state index contributed by atoms with van der Waals surface area (Å²) in [6.07, 6.45) is 29.0. The van der Waals surface area contributed by atoms with Crippen molar-refractivity contribution in [3.63, 3.8) is 0 Å². The van der Waals surface area contributed by atoms with Gasteiger partial charge < -0.3 is 42.1 Å². The maximum atomic E-state index is 4.96. The number of hydrogen-bond acceptors (Lipinski definition) is 19. The zero-order valence-electron chi connectivity index (χ0n) is 77.4. The SMILES string of the molecule is CC1C=CCC1C.Cc1c[nH]cc1C.Cc1cc[nH]c1C.Cc1cc[nH]c1C.Cc1ccoc1C.Cc1ccoc1C.Cc1ccsc1C.Cc1ccsc1C.Cc1cn[nH]c1C.Cc1cn[nH]c1C.Cc1cnoc1C.Cc1cnsc1C.Cc1nc[nH]c1C.Cc1ncoc1C.Cc1ncoc1C.Cc1ncsc1C.Cc1ncsc1C. The maximum Gasteiger partial charge on any atom is 0.181 e. The lowest BCUT2D eigenvalue weighted by Crippen LogP contribution is -1.96. The first kappa shape index (κ1) is 107. The number of oxazole rings is 2. The van der Waals surface area contributed by atoms with Gasteiger partial charge in [-0.3, -0.25) is 10.2 Å². The molecule has 0 bridgehead atoms. The molecule has 2 unspecified atom stereocenters. The Balaban J connectivity index is 0.000000632. The van der Waals surface area contributed by atoms with Gasteiger partial charge in [-0.05, 0) is 360 Å². The number of allylic oxidation sites excluding steroid dienone is 2. The molecule has 17 rings (SSSR count). The van der Waals surface area contributed by atoms with Crippen molar-refractivity contribution < 1.29 is 22.2 Å². The molecule has 16 aromatic heterocycles. The normalized spacial score (nSPS) is 11.2. The third-order valence-electron chi connectivity index (χ3n) is 19.2. The topological polar surface area (TPSA) is 276 Å². The fourth-order valence-corrected chi connectivity index (χ4v) is 10.9. The van der Waals surface area contributed by atoms with Crippen molar-refractivity contribution in [2.75, 3.05) is 0 Å². The lowest BCUT2D eigenvalue weighted by atomic mass is 10.0. The van der Waals surface area contributed by atoms with E-state index in [2.05, 4.69) is 233 Å². The molecule has 0 saturated heterocycles. The van der Waals surface area contributed by atoms with Gasteiger partial charge in [0, 0.05) is 89.4 Å². The second-order valence-corrected chi connectivity index (χ2v) is 34.0. The molecule has 20 nitrogen and oxygen atoms in total. The molecular formula is C94H137N15O5S5. The van der Waals surface area contributed by atoms with Crippen LogP contribution in [0.5, 0.6) is 0 Å². The zero-order chi connectivity index (χ0) is 89.7. The average Bonchev–Trinajstić information content (AvgIpc) is 2.88. The van der Waals surface area contributed by atoms with Gasteiger partial charge in [0.15, 0.2) is 12.8 Å². The predicted octanol–water partition coefficient (Wildman–Crippen LogP) is 27.9. The smallest absolute Gasteiger partial charge is 0.181 e. The van der Waals surface area contributed by atoms with Crippen LogP contribution in [0.15, 0.2) is 174 Å². The lowest BCUT2D eigenvalue weighted by Gasteiger charge is -2.04. The molecule has 0 aliphatic heterocycles. The lowest BCUT2D eigenvalue weighted by molar-refractivity contribution is 0.396. The van der Waals surface area contributed by atoms with Crippen LogP contribution in [0.1, 0.15) is 197 Å². The first-order valence-electron chi connectivity index (χ1n) is 39.3. The highest BCUT2D eigenvalue weighted by atomic mass is 32.1. The number of thiophene rings is 2. The van der Waals surface area contributed by atoms with E-state index in [0.717, 1.165) is 91.8 Å². The molecule has 0 saturated carbocycles. The number of furan rings is 2. The van der Waals surface area contributed by atoms with Crippen molar-refractivity contribution >= 4 is 56.9 Å². The minimum atomic E-state index is 0.833. The summed E-state index contributed by atoms with van der Waals surface area (Å²) in [5.74, 6) is 6.47. The standard InChI is InChI=1S/C7H12.3C6H9N.2C6H8O.2C6H8S.3C5H8N2.3C5H7NO.3C5H7NS/c1-6-4-3-5-7(6)2;1-5-3-7-4-6(5)2;6*1-5-3-4-7-6(5)2;1-4-5(2)7-3-6-4;2*1-4-3-6-7-5(4)2;2*1-4-5(2)7-3-6-4;1-4-3-6-7-5(4)2;2*1-4-5(2)7-3-6-4;1-4-3-6-7-5(4)2/h3-4,6-7H,5H2,1-2H3;3*3-4,7H,1-2H3;4*3-4H,1-2H3;3*3H,1-2H3,(H,6,7);6*3H,1-2H3. The van der Waals surface area contributed by atoms with E-state index in [9.17, 15) is 0 Å². The van der Waals surface area contributed by atoms with Gasteiger partial charge in [-0.25, -0.2) is 29.3 Å². The summed E-state index contributed by atoms with van der Waals surface area (Å²) in [4.78, 5) is 38.6. The Bertz CT molecular complexity index is 3690. The Morgan fingerprint density at radius 2 is 0.790 bits per heavy atom. The third-order valence-corrected chi connectivity index (χ3v) is 23.6. The molecule has 6 N–H and O–H groups in total. The third kappa shape index (κ3) is 47.2. The Morgan fingerprint density at radius 1 is 0.345 bits per heavy atom. The first-order valence-corrected chi connectivity index (χ1v) is 43.6. The number of H-pyrrole nitrogens is 6. The summed E-state index contributed by atoms with van der Waals surface area (Å²) >= 11 is 8.55. The molecule has 0 fully saturated rings. The minimum Gasteiger partial charge on any atom is -0.469 e. The molecule has 1 aliphatic rings. The van der Waals surface area contributed by atoms with Crippen LogP contribution in [0.4, 0.5) is 0 Å². The molecule has 16 heterocycles. The van der Waals surface area contributed by atoms with Crippen LogP contribution in [-0.4, -0.2) is 74.8 Å². The van der Waals surface area contributed by atoms with E-state index in [4.69, 9.17) is 22.2 Å². The van der Waals surface area contributed by atoms with Crippen LogP contribution in [0.2, 0.25) is 0 Å². The van der Waals surface area contributed by atoms with Crippen LogP contribution in [-0.2, 0) is 0 Å². The van der Waals surface area contributed by atoms with Gasteiger partial charge in [0.05, 0.1) is 76.9 Å². The Hall–Kier alpha value is -10.3. The van der Waals surface area contributed by atoms with Crippen molar-refractivity contribution in [2.45, 2.75) is 242 Å². The first-order chi connectivity index (χ1) is 56.2. The Morgan fingerprint density at radius 3 is 0.882 bits per heavy atom. The van der Waals surface area contributed by atoms with Crippen molar-refractivity contribution in [2.24, 2.45) is 11.8 Å². The molecule has 648 valence electrons. The van der Waals surface area contributed by atoms with Gasteiger partial charge in [-0.15, -0.1) is 45.3 Å². The van der Waals surface area contributed by atoms with E-state index in [1.54, 1.807) is 81.9 Å². The number of imidazole rings is 1. The largest absolute Gasteiger partial charge is 0.469 e. The van der Waals surface area contributed by atoms with Gasteiger partial charge in [0.2, 0.25) is 0 Å². The van der Waals surface area contributed by atoms with Crippen molar-refractivity contribution in [3.05, 3.63) is 328 Å². The summed E-state index contributed by atoms with van der Waals surface area (Å²) in [5.41, 5.74) is 30.5. The van der Waals surface area contributed by atoms with E-state index in [-0.39, 0.29) is 0 Å². The van der Waals surface area contributed by atoms with Gasteiger partial charge in [-0.2, -0.15) is 10.2 Å². The minimum absolute atomic E-state index is 0.833. The highest BCUT2D eigenvalue weighted by Gasteiger charge is 2.11. The van der Waals surface area contributed by atoms with Crippen LogP contribution in [0, 0.1) is 233 Å². The van der Waals surface area contributed by atoms with E-state index in [0.29, 0.717) is 0 Å². The molecule has 0 radical (unpaired) electrons. The van der Waals surface area contributed by atoms with Crippen molar-refractivity contribution in [1.82, 2.24) is 74.8 Å². The monoisotopic (exact) mass is 1720 g/mol. The van der Waals surface area contributed by atoms with E-state index in [1.807, 2.05) is 191 Å². The molecule has 0 amide bonds. The molecule has 1 aliphatic carbocycles. The number of nitrogens with one attached hydrogen (secondary N) is 6. The molecule has 119 heavy (non-hydrogen) atoms. The molecule has 0 aromatic carbocycles. The average molecular weight is 1720 g/mol.